The van der Waals surface area contributed by atoms with E-state index in [0.29, 0.717) is 6.42 Å². The van der Waals surface area contributed by atoms with Crippen molar-refractivity contribution in [1.29, 1.82) is 0 Å². The van der Waals surface area contributed by atoms with Crippen LogP contribution in [0.3, 0.4) is 0 Å². The van der Waals surface area contributed by atoms with Gasteiger partial charge in [-0.15, -0.1) is 0 Å². The van der Waals surface area contributed by atoms with E-state index in [1.54, 1.807) is 19.9 Å². The predicted molar refractivity (Wildman–Crippen MR) is 32.7 cm³/mol. The summed E-state index contributed by atoms with van der Waals surface area (Å²) < 4.78 is 0. The Morgan fingerprint density at radius 3 is 2.38 bits per heavy atom. The Labute approximate surface area is 49.5 Å². The average Bonchev–Trinajstić information content (AvgIpc) is 1.61. The smallest absolute Gasteiger partial charge is 0.0852 e. The van der Waals surface area contributed by atoms with Crippen LogP contribution in [-0.4, -0.2) is 16.3 Å². The first-order valence-corrected chi connectivity index (χ1v) is 2.66. The highest BCUT2D eigenvalue weighted by atomic mass is 16.3. The van der Waals surface area contributed by atoms with Crippen LogP contribution in [0, 0.1) is 0 Å². The summed E-state index contributed by atoms with van der Waals surface area (Å²) >= 11 is 0. The number of aliphatic hydroxyl groups excluding tert-OH is 2. The molecule has 0 amide bonds. The Morgan fingerprint density at radius 2 is 2.25 bits per heavy atom. The van der Waals surface area contributed by atoms with Crippen molar-refractivity contribution in [2.24, 2.45) is 0 Å². The normalized spacial score (nSPS) is 16.1. The first kappa shape index (κ1) is 7.50. The first-order chi connectivity index (χ1) is 3.63. The summed E-state index contributed by atoms with van der Waals surface area (Å²) in [5.74, 6) is 0.269. The Kier molecular flexibility index (Phi) is 3.28. The Balaban J connectivity index is 3.29. The average molecular weight is 116 g/mol. The number of hydrogen-bond donors (Lipinski definition) is 2. The molecule has 0 fully saturated rings. The van der Waals surface area contributed by atoms with E-state index in [2.05, 4.69) is 0 Å². The van der Waals surface area contributed by atoms with Crippen molar-refractivity contribution in [3.8, 4) is 0 Å². The molecule has 8 heavy (non-hydrogen) atoms. The zero-order valence-electron chi connectivity index (χ0n) is 5.26. The lowest BCUT2D eigenvalue weighted by atomic mass is 10.2. The third kappa shape index (κ3) is 5.50. The maximum atomic E-state index is 8.65. The fraction of sp³-hybridized carbons (Fsp3) is 0.667. The summed E-state index contributed by atoms with van der Waals surface area (Å²) in [5, 5.41) is 17.2. The van der Waals surface area contributed by atoms with Gasteiger partial charge < -0.3 is 10.2 Å². The second kappa shape index (κ2) is 3.50. The molecule has 0 saturated heterocycles. The van der Waals surface area contributed by atoms with Gasteiger partial charge in [0, 0.05) is 0 Å². The molecule has 0 bridgehead atoms. The van der Waals surface area contributed by atoms with Gasteiger partial charge in [-0.3, -0.25) is 0 Å². The van der Waals surface area contributed by atoms with Crippen LogP contribution < -0.4 is 0 Å². The van der Waals surface area contributed by atoms with E-state index < -0.39 is 0 Å². The van der Waals surface area contributed by atoms with Crippen LogP contribution >= 0.6 is 0 Å². The Morgan fingerprint density at radius 1 is 1.75 bits per heavy atom. The number of rotatable bonds is 2. The molecule has 0 rings (SSSR count). The monoisotopic (exact) mass is 116 g/mol. The van der Waals surface area contributed by atoms with Gasteiger partial charge in [-0.2, -0.15) is 0 Å². The third-order valence-corrected chi connectivity index (χ3v) is 0.754. The zero-order chi connectivity index (χ0) is 6.57. The molecule has 0 aliphatic rings. The molecule has 0 aliphatic carbocycles. The van der Waals surface area contributed by atoms with Gasteiger partial charge in [-0.25, -0.2) is 0 Å². The molecule has 0 spiro atoms. The second-order valence-electron chi connectivity index (χ2n) is 1.93. The van der Waals surface area contributed by atoms with Crippen LogP contribution in [0.1, 0.15) is 20.3 Å². The third-order valence-electron chi connectivity index (χ3n) is 0.754. The lowest BCUT2D eigenvalue weighted by Crippen LogP contribution is -1.95. The highest BCUT2D eigenvalue weighted by Gasteiger charge is 1.89. The van der Waals surface area contributed by atoms with Crippen LogP contribution in [0.15, 0.2) is 11.8 Å². The lowest BCUT2D eigenvalue weighted by Gasteiger charge is -1.95. The molecule has 1 unspecified atom stereocenters. The molecule has 0 saturated carbocycles. The number of aliphatic hydroxyl groups is 2. The lowest BCUT2D eigenvalue weighted by molar-refractivity contribution is 0.197. The molecule has 0 heterocycles. The highest BCUT2D eigenvalue weighted by Crippen LogP contribution is 1.93. The van der Waals surface area contributed by atoms with Crippen molar-refractivity contribution >= 4 is 0 Å². The fourth-order valence-corrected chi connectivity index (χ4v) is 0.341. The minimum absolute atomic E-state index is 0.269. The minimum atomic E-state index is -0.350. The molecule has 0 aromatic heterocycles. The van der Waals surface area contributed by atoms with Crippen LogP contribution in [0.4, 0.5) is 0 Å². The molecular formula is C6H12O2. The van der Waals surface area contributed by atoms with Gasteiger partial charge in [0.15, 0.2) is 0 Å². The van der Waals surface area contributed by atoms with Gasteiger partial charge in [0.2, 0.25) is 0 Å². The van der Waals surface area contributed by atoms with Gasteiger partial charge in [0.25, 0.3) is 0 Å². The van der Waals surface area contributed by atoms with Gasteiger partial charge in [-0.05, 0) is 26.3 Å². The highest BCUT2D eigenvalue weighted by molar-refractivity contribution is 4.86. The van der Waals surface area contributed by atoms with E-state index in [1.807, 2.05) is 0 Å². The largest absolute Gasteiger partial charge is 0.513 e. The van der Waals surface area contributed by atoms with Gasteiger partial charge in [-0.1, -0.05) is 0 Å². The SMILES string of the molecule is C/C(O)=C\CC(C)O. The molecule has 2 N–H and O–H groups in total. The fourth-order valence-electron chi connectivity index (χ4n) is 0.341. The summed E-state index contributed by atoms with van der Waals surface area (Å²) in [4.78, 5) is 0. The van der Waals surface area contributed by atoms with E-state index >= 15 is 0 Å². The van der Waals surface area contributed by atoms with Crippen molar-refractivity contribution in [2.45, 2.75) is 26.4 Å². The van der Waals surface area contributed by atoms with E-state index in [1.165, 1.54) is 0 Å². The number of allylic oxidation sites excluding steroid dienone is 1. The molecule has 2 heteroatoms. The van der Waals surface area contributed by atoms with Crippen molar-refractivity contribution in [3.63, 3.8) is 0 Å². The van der Waals surface area contributed by atoms with Gasteiger partial charge in [0.05, 0.1) is 11.9 Å². The zero-order valence-corrected chi connectivity index (χ0v) is 5.26. The summed E-state index contributed by atoms with van der Waals surface area (Å²) in [7, 11) is 0. The molecule has 1 atom stereocenters. The summed E-state index contributed by atoms with van der Waals surface area (Å²) in [6.07, 6.45) is 1.77. The molecular weight excluding hydrogens is 104 g/mol. The Bertz CT molecular complexity index is 80.5. The van der Waals surface area contributed by atoms with Gasteiger partial charge in [0.1, 0.15) is 0 Å². The standard InChI is InChI=1S/C6H12O2/c1-5(7)3-4-6(2)8/h3,6-8H,4H2,1-2H3/b5-3+. The topological polar surface area (TPSA) is 40.5 Å². The summed E-state index contributed by atoms with van der Waals surface area (Å²) in [6.45, 7) is 3.27. The quantitative estimate of drug-likeness (QED) is 0.532. The second-order valence-corrected chi connectivity index (χ2v) is 1.93. The van der Waals surface area contributed by atoms with Crippen LogP contribution in [-0.2, 0) is 0 Å². The predicted octanol–water partition coefficient (Wildman–Crippen LogP) is 1.22. The molecule has 0 aromatic rings. The molecule has 2 nitrogen and oxygen atoms in total. The Hall–Kier alpha value is -0.500. The van der Waals surface area contributed by atoms with Gasteiger partial charge >= 0.3 is 0 Å². The van der Waals surface area contributed by atoms with Crippen LogP contribution in [0.25, 0.3) is 0 Å². The molecule has 0 aromatic carbocycles. The first-order valence-electron chi connectivity index (χ1n) is 2.66. The van der Waals surface area contributed by atoms with E-state index in [4.69, 9.17) is 10.2 Å². The molecule has 0 radical (unpaired) electrons. The van der Waals surface area contributed by atoms with Crippen molar-refractivity contribution in [3.05, 3.63) is 11.8 Å². The van der Waals surface area contributed by atoms with E-state index in [0.717, 1.165) is 0 Å². The minimum Gasteiger partial charge on any atom is -0.513 e. The maximum absolute atomic E-state index is 8.65. The van der Waals surface area contributed by atoms with E-state index in [-0.39, 0.29) is 11.9 Å². The summed E-state index contributed by atoms with van der Waals surface area (Å²) in [6, 6.07) is 0. The number of hydrogen-bond acceptors (Lipinski definition) is 2. The van der Waals surface area contributed by atoms with Crippen molar-refractivity contribution in [2.75, 3.05) is 0 Å². The van der Waals surface area contributed by atoms with E-state index in [9.17, 15) is 0 Å². The molecule has 0 aliphatic heterocycles. The molecule has 48 valence electrons. The van der Waals surface area contributed by atoms with Crippen molar-refractivity contribution < 1.29 is 10.2 Å². The maximum Gasteiger partial charge on any atom is 0.0852 e. The van der Waals surface area contributed by atoms with Crippen molar-refractivity contribution in [1.82, 2.24) is 0 Å². The van der Waals surface area contributed by atoms with Crippen LogP contribution in [0.5, 0.6) is 0 Å². The summed E-state index contributed by atoms with van der Waals surface area (Å²) in [5.41, 5.74) is 0. The van der Waals surface area contributed by atoms with Crippen LogP contribution in [0.2, 0.25) is 0 Å².